The van der Waals surface area contributed by atoms with Crippen molar-refractivity contribution in [3.05, 3.63) is 65.5 Å². The van der Waals surface area contributed by atoms with Crippen molar-refractivity contribution in [1.82, 2.24) is 9.38 Å². The maximum absolute atomic E-state index is 14.7. The monoisotopic (exact) mass is 400 g/mol. The number of allylic oxidation sites excluding steroid dienone is 3. The molecule has 1 aliphatic carbocycles. The number of pyridine rings is 1. The molecule has 1 aromatic carbocycles. The molecule has 4 rings (SSSR count). The van der Waals surface area contributed by atoms with Crippen LogP contribution < -0.4 is 0 Å². The number of hydrogen-bond acceptors (Lipinski definition) is 1. The van der Waals surface area contributed by atoms with Gasteiger partial charge < -0.3 is 0 Å². The molecular formula is C24H27F3N2. The Hall–Kier alpha value is -2.56. The highest BCUT2D eigenvalue weighted by Gasteiger charge is 2.32. The molecule has 0 N–H and O–H groups in total. The summed E-state index contributed by atoms with van der Waals surface area (Å²) in [5.74, 6) is -1.51. The van der Waals surface area contributed by atoms with Crippen molar-refractivity contribution in [2.75, 3.05) is 0 Å². The van der Waals surface area contributed by atoms with Crippen LogP contribution in [0.4, 0.5) is 13.2 Å². The van der Waals surface area contributed by atoms with E-state index in [1.54, 1.807) is 22.9 Å². The lowest BCUT2D eigenvalue weighted by molar-refractivity contribution is 0.510. The van der Waals surface area contributed by atoms with Gasteiger partial charge in [0, 0.05) is 35.3 Å². The summed E-state index contributed by atoms with van der Waals surface area (Å²) in [7, 11) is 0. The first-order valence-electron chi connectivity index (χ1n) is 10.1. The Kier molecular flexibility index (Phi) is 6.46. The summed E-state index contributed by atoms with van der Waals surface area (Å²) in [5.41, 5.74) is 1.50. The van der Waals surface area contributed by atoms with Gasteiger partial charge in [0.05, 0.1) is 5.52 Å². The fourth-order valence-electron chi connectivity index (χ4n) is 3.57. The molecule has 0 saturated heterocycles. The number of hydrogen-bond donors (Lipinski definition) is 0. The SMILES string of the molecule is CC=CCC1CC(F)=C(F)c2c1c1nccn1c1c(F)cccc21.CCC(C)C. The van der Waals surface area contributed by atoms with E-state index in [4.69, 9.17) is 0 Å². The van der Waals surface area contributed by atoms with Gasteiger partial charge in [-0.05, 0) is 31.2 Å². The van der Waals surface area contributed by atoms with Gasteiger partial charge in [0.1, 0.15) is 17.3 Å². The Balaban J connectivity index is 0.000000431. The second-order valence-corrected chi connectivity index (χ2v) is 7.77. The van der Waals surface area contributed by atoms with Gasteiger partial charge in [-0.3, -0.25) is 4.40 Å². The lowest BCUT2D eigenvalue weighted by atomic mass is 9.82. The third kappa shape index (κ3) is 3.96. The molecule has 0 bridgehead atoms. The van der Waals surface area contributed by atoms with Crippen molar-refractivity contribution in [3.8, 4) is 0 Å². The molecule has 0 fully saturated rings. The standard InChI is InChI=1S/C19H15F3N2.C5H12/c1-2-3-5-11-10-14(21)17(22)16-12-6-4-7-13(20)18(12)24-9-8-23-19(24)15(11)16;1-4-5(2)3/h2-4,6-9,11H,5,10H2,1H3;5H,4H2,1-3H3. The van der Waals surface area contributed by atoms with Crippen LogP contribution in [0.25, 0.3) is 22.4 Å². The molecule has 2 nitrogen and oxygen atoms in total. The zero-order valence-electron chi connectivity index (χ0n) is 17.3. The molecule has 0 spiro atoms. The topological polar surface area (TPSA) is 17.3 Å². The minimum absolute atomic E-state index is 0.00742. The molecular weight excluding hydrogens is 373 g/mol. The molecule has 5 heteroatoms. The van der Waals surface area contributed by atoms with Gasteiger partial charge in [-0.2, -0.15) is 0 Å². The molecule has 2 aromatic heterocycles. The minimum Gasteiger partial charge on any atom is -0.296 e. The zero-order chi connectivity index (χ0) is 21.1. The Morgan fingerprint density at radius 3 is 2.62 bits per heavy atom. The van der Waals surface area contributed by atoms with Gasteiger partial charge in [0.25, 0.3) is 0 Å². The molecule has 3 aromatic rings. The predicted molar refractivity (Wildman–Crippen MR) is 114 cm³/mol. The van der Waals surface area contributed by atoms with Crippen LogP contribution in [0.1, 0.15) is 64.0 Å². The van der Waals surface area contributed by atoms with Crippen molar-refractivity contribution in [3.63, 3.8) is 0 Å². The molecule has 0 aliphatic heterocycles. The fourth-order valence-corrected chi connectivity index (χ4v) is 3.57. The Morgan fingerprint density at radius 2 is 1.97 bits per heavy atom. The van der Waals surface area contributed by atoms with Crippen LogP contribution in [-0.2, 0) is 0 Å². The van der Waals surface area contributed by atoms with Gasteiger partial charge in [0.15, 0.2) is 5.83 Å². The summed E-state index contributed by atoms with van der Waals surface area (Å²) < 4.78 is 45.0. The number of para-hydroxylation sites is 1. The number of benzene rings is 1. The Bertz CT molecular complexity index is 1080. The highest BCUT2D eigenvalue weighted by atomic mass is 19.2. The summed E-state index contributed by atoms with van der Waals surface area (Å²) in [6, 6.07) is 4.45. The summed E-state index contributed by atoms with van der Waals surface area (Å²) in [6.45, 7) is 8.53. The fraction of sp³-hybridized carbons (Fsp3) is 0.375. The zero-order valence-corrected chi connectivity index (χ0v) is 17.3. The molecule has 0 saturated carbocycles. The van der Waals surface area contributed by atoms with E-state index in [0.29, 0.717) is 23.0 Å². The maximum Gasteiger partial charge on any atom is 0.162 e. The van der Waals surface area contributed by atoms with Crippen molar-refractivity contribution in [2.45, 2.75) is 52.9 Å². The van der Waals surface area contributed by atoms with Gasteiger partial charge in [-0.15, -0.1) is 0 Å². The molecule has 0 amide bonds. The first-order chi connectivity index (χ1) is 13.9. The molecule has 1 atom stereocenters. The van der Waals surface area contributed by atoms with E-state index in [1.807, 2.05) is 19.1 Å². The van der Waals surface area contributed by atoms with E-state index in [9.17, 15) is 13.2 Å². The number of halogens is 3. The molecule has 1 aliphatic rings. The highest BCUT2D eigenvalue weighted by molar-refractivity contribution is 5.96. The first-order valence-corrected chi connectivity index (χ1v) is 10.1. The Labute approximate surface area is 169 Å². The average molecular weight is 400 g/mol. The van der Waals surface area contributed by atoms with Gasteiger partial charge in [-0.25, -0.2) is 18.2 Å². The van der Waals surface area contributed by atoms with E-state index in [1.165, 1.54) is 18.6 Å². The van der Waals surface area contributed by atoms with Gasteiger partial charge >= 0.3 is 0 Å². The molecule has 1 unspecified atom stereocenters. The van der Waals surface area contributed by atoms with Crippen LogP contribution in [-0.4, -0.2) is 9.38 Å². The second kappa shape index (κ2) is 8.85. The number of rotatable bonds is 3. The van der Waals surface area contributed by atoms with E-state index in [-0.39, 0.29) is 23.4 Å². The lowest BCUT2D eigenvalue weighted by Gasteiger charge is -2.25. The largest absolute Gasteiger partial charge is 0.296 e. The van der Waals surface area contributed by atoms with Crippen LogP contribution in [0.2, 0.25) is 0 Å². The number of imidazole rings is 1. The van der Waals surface area contributed by atoms with E-state index >= 15 is 0 Å². The van der Waals surface area contributed by atoms with Gasteiger partial charge in [-0.1, -0.05) is 51.5 Å². The summed E-state index contributed by atoms with van der Waals surface area (Å²) in [5, 5.41) is 0.369. The van der Waals surface area contributed by atoms with Crippen LogP contribution in [0.3, 0.4) is 0 Å². The summed E-state index contributed by atoms with van der Waals surface area (Å²) >= 11 is 0. The maximum atomic E-state index is 14.7. The third-order valence-electron chi connectivity index (χ3n) is 5.41. The third-order valence-corrected chi connectivity index (χ3v) is 5.41. The average Bonchev–Trinajstić information content (AvgIpc) is 3.19. The summed E-state index contributed by atoms with van der Waals surface area (Å²) in [4.78, 5) is 4.30. The van der Waals surface area contributed by atoms with E-state index in [2.05, 4.69) is 25.8 Å². The quantitative estimate of drug-likeness (QED) is 0.411. The lowest BCUT2D eigenvalue weighted by Crippen LogP contribution is -2.12. The van der Waals surface area contributed by atoms with Crippen LogP contribution in [0.15, 0.2) is 48.6 Å². The minimum atomic E-state index is -0.900. The number of nitrogens with zero attached hydrogens (tertiary/aromatic N) is 2. The second-order valence-electron chi connectivity index (χ2n) is 7.77. The summed E-state index contributed by atoms with van der Waals surface area (Å²) in [6.07, 6.45) is 8.90. The molecule has 154 valence electrons. The van der Waals surface area contributed by atoms with Crippen molar-refractivity contribution in [2.24, 2.45) is 5.92 Å². The highest BCUT2D eigenvalue weighted by Crippen LogP contribution is 2.46. The van der Waals surface area contributed by atoms with E-state index in [0.717, 1.165) is 5.92 Å². The normalized spacial score (nSPS) is 16.6. The van der Waals surface area contributed by atoms with Crippen molar-refractivity contribution in [1.29, 1.82) is 0 Å². The van der Waals surface area contributed by atoms with Crippen LogP contribution in [0.5, 0.6) is 0 Å². The Morgan fingerprint density at radius 1 is 1.24 bits per heavy atom. The molecule has 29 heavy (non-hydrogen) atoms. The molecule has 0 radical (unpaired) electrons. The van der Waals surface area contributed by atoms with Crippen molar-refractivity contribution >= 4 is 22.4 Å². The first kappa shape index (κ1) is 21.2. The number of fused-ring (bicyclic) bond motifs is 6. The van der Waals surface area contributed by atoms with Crippen LogP contribution in [0, 0.1) is 11.7 Å². The van der Waals surface area contributed by atoms with Gasteiger partial charge in [0.2, 0.25) is 0 Å². The van der Waals surface area contributed by atoms with E-state index < -0.39 is 17.5 Å². The smallest absolute Gasteiger partial charge is 0.162 e. The van der Waals surface area contributed by atoms with Crippen LogP contribution >= 0.6 is 0 Å². The number of aromatic nitrogens is 2. The van der Waals surface area contributed by atoms with Crippen molar-refractivity contribution < 1.29 is 13.2 Å². The predicted octanol–water partition coefficient (Wildman–Crippen LogP) is 7.74. The molecule has 2 heterocycles.